The van der Waals surface area contributed by atoms with Gasteiger partial charge in [-0.3, -0.25) is 4.79 Å². The molecule has 1 aromatic carbocycles. The molecule has 33 heavy (non-hydrogen) atoms. The molecule has 1 amide bonds. The van der Waals surface area contributed by atoms with Crippen LogP contribution >= 0.6 is 0 Å². The second-order valence-electron chi connectivity index (χ2n) is 9.96. The highest BCUT2D eigenvalue weighted by atomic mass is 16.1. The van der Waals surface area contributed by atoms with E-state index < -0.39 is 0 Å². The van der Waals surface area contributed by atoms with Gasteiger partial charge < -0.3 is 20.0 Å². The van der Waals surface area contributed by atoms with Gasteiger partial charge in [0.2, 0.25) is 5.91 Å². The van der Waals surface area contributed by atoms with Crippen LogP contribution in [-0.2, 0) is 4.79 Å². The summed E-state index contributed by atoms with van der Waals surface area (Å²) in [6, 6.07) is 9.90. The first-order valence-corrected chi connectivity index (χ1v) is 13.3. The number of nitrogens with one attached hydrogen (secondary N) is 1. The van der Waals surface area contributed by atoms with Crippen molar-refractivity contribution in [1.82, 2.24) is 15.1 Å². The van der Waals surface area contributed by atoms with E-state index in [1.165, 1.54) is 44.2 Å². The average molecular weight is 455 g/mol. The van der Waals surface area contributed by atoms with Crippen molar-refractivity contribution in [3.8, 4) is 0 Å². The Kier molecular flexibility index (Phi) is 10.3. The van der Waals surface area contributed by atoms with Crippen LogP contribution in [0.2, 0.25) is 0 Å². The van der Waals surface area contributed by atoms with Gasteiger partial charge in [-0.05, 0) is 89.4 Å². The summed E-state index contributed by atoms with van der Waals surface area (Å²) in [5, 5.41) is 3.05. The number of anilines is 1. The van der Waals surface area contributed by atoms with E-state index in [0.29, 0.717) is 6.54 Å². The number of hydrogen-bond acceptors (Lipinski definition) is 4. The zero-order chi connectivity index (χ0) is 23.6. The lowest BCUT2D eigenvalue weighted by Crippen LogP contribution is -2.50. The van der Waals surface area contributed by atoms with Gasteiger partial charge in [0, 0.05) is 50.0 Å². The lowest BCUT2D eigenvalue weighted by atomic mass is 9.84. The third-order valence-corrected chi connectivity index (χ3v) is 7.90. The van der Waals surface area contributed by atoms with Gasteiger partial charge in [0.05, 0.1) is 0 Å². The van der Waals surface area contributed by atoms with Crippen LogP contribution in [0.5, 0.6) is 0 Å². The normalized spacial score (nSPS) is 22.7. The van der Waals surface area contributed by atoms with Crippen LogP contribution in [0.1, 0.15) is 64.9 Å². The van der Waals surface area contributed by atoms with E-state index in [9.17, 15) is 4.79 Å². The Morgan fingerprint density at radius 2 is 1.73 bits per heavy atom. The molecule has 184 valence electrons. The number of likely N-dealkylation sites (tertiary alicyclic amines) is 1. The molecule has 0 unspecified atom stereocenters. The predicted octanol–water partition coefficient (Wildman–Crippen LogP) is 4.64. The van der Waals surface area contributed by atoms with Crippen molar-refractivity contribution in [3.05, 3.63) is 35.9 Å². The van der Waals surface area contributed by atoms with Crippen molar-refractivity contribution in [2.75, 3.05) is 51.2 Å². The summed E-state index contributed by atoms with van der Waals surface area (Å²) >= 11 is 0. The van der Waals surface area contributed by atoms with E-state index in [2.05, 4.69) is 72.1 Å². The Hall–Kier alpha value is -1.85. The Bertz CT molecular complexity index is 735. The van der Waals surface area contributed by atoms with E-state index >= 15 is 0 Å². The van der Waals surface area contributed by atoms with Crippen LogP contribution in [0.3, 0.4) is 0 Å². The highest BCUT2D eigenvalue weighted by Crippen LogP contribution is 2.30. The monoisotopic (exact) mass is 454 g/mol. The zero-order valence-corrected chi connectivity index (χ0v) is 21.4. The molecular weight excluding hydrogens is 408 g/mol. The maximum Gasteiger partial charge on any atom is 0.244 e. The summed E-state index contributed by atoms with van der Waals surface area (Å²) in [6.07, 6.45) is 11.6. The number of rotatable bonds is 10. The highest BCUT2D eigenvalue weighted by Gasteiger charge is 2.31. The molecule has 1 aliphatic heterocycles. The summed E-state index contributed by atoms with van der Waals surface area (Å²) in [5.41, 5.74) is 2.28. The molecule has 1 saturated carbocycles. The standard InChI is InChI=1S/C28H46N4O/c1-5-32(6-2)26-14-11-24(12-15-26)13-16-28(33)29-19-22-31-20-17-25(18-21-31)30(4)27-10-8-7-9-23(27)3/h11-16,23,25,27H,5-10,17-22H2,1-4H3,(H,29,33)/b16-13+/t23-,27+/m0/s1. The first kappa shape index (κ1) is 25.8. The fourth-order valence-electron chi connectivity index (χ4n) is 5.68. The number of amides is 1. The number of hydrogen-bond donors (Lipinski definition) is 1. The maximum atomic E-state index is 12.2. The molecular formula is C28H46N4O. The van der Waals surface area contributed by atoms with Crippen LogP contribution in [0.4, 0.5) is 5.69 Å². The van der Waals surface area contributed by atoms with Crippen molar-refractivity contribution < 1.29 is 4.79 Å². The summed E-state index contributed by atoms with van der Waals surface area (Å²) in [6.45, 7) is 12.7. The summed E-state index contributed by atoms with van der Waals surface area (Å²) in [4.78, 5) is 19.8. The number of piperidine rings is 1. The second-order valence-corrected chi connectivity index (χ2v) is 9.96. The fourth-order valence-corrected chi connectivity index (χ4v) is 5.68. The third-order valence-electron chi connectivity index (χ3n) is 7.90. The molecule has 1 heterocycles. The lowest BCUT2D eigenvalue weighted by Gasteiger charge is -2.44. The van der Waals surface area contributed by atoms with E-state index in [4.69, 9.17) is 0 Å². The third kappa shape index (κ3) is 7.58. The number of benzene rings is 1. The predicted molar refractivity (Wildman–Crippen MR) is 141 cm³/mol. The zero-order valence-electron chi connectivity index (χ0n) is 21.4. The first-order valence-electron chi connectivity index (χ1n) is 13.3. The van der Waals surface area contributed by atoms with Gasteiger partial charge >= 0.3 is 0 Å². The molecule has 1 aliphatic carbocycles. The highest BCUT2D eigenvalue weighted by molar-refractivity contribution is 5.91. The van der Waals surface area contributed by atoms with Crippen LogP contribution in [0, 0.1) is 5.92 Å². The first-order chi connectivity index (χ1) is 16.0. The van der Waals surface area contributed by atoms with Gasteiger partial charge in [-0.15, -0.1) is 0 Å². The number of carbonyl (C=O) groups is 1. The van der Waals surface area contributed by atoms with E-state index in [1.54, 1.807) is 6.08 Å². The number of nitrogens with zero attached hydrogens (tertiary/aromatic N) is 3. The van der Waals surface area contributed by atoms with Crippen molar-refractivity contribution in [1.29, 1.82) is 0 Å². The molecule has 1 saturated heterocycles. The minimum atomic E-state index is -0.0104. The summed E-state index contributed by atoms with van der Waals surface area (Å²) in [5.74, 6) is 0.828. The molecule has 5 nitrogen and oxygen atoms in total. The summed E-state index contributed by atoms with van der Waals surface area (Å²) in [7, 11) is 2.36. The largest absolute Gasteiger partial charge is 0.372 e. The molecule has 1 aromatic rings. The molecule has 1 N–H and O–H groups in total. The molecule has 0 radical (unpaired) electrons. The average Bonchev–Trinajstić information content (AvgIpc) is 2.84. The van der Waals surface area contributed by atoms with Crippen molar-refractivity contribution in [3.63, 3.8) is 0 Å². The molecule has 2 fully saturated rings. The minimum Gasteiger partial charge on any atom is -0.372 e. The second kappa shape index (κ2) is 13.1. The van der Waals surface area contributed by atoms with Gasteiger partial charge in [0.15, 0.2) is 0 Å². The van der Waals surface area contributed by atoms with Gasteiger partial charge in [-0.1, -0.05) is 31.9 Å². The van der Waals surface area contributed by atoms with Gasteiger partial charge in [0.25, 0.3) is 0 Å². The smallest absolute Gasteiger partial charge is 0.244 e. The van der Waals surface area contributed by atoms with E-state index in [-0.39, 0.29) is 5.91 Å². The van der Waals surface area contributed by atoms with Crippen molar-refractivity contribution >= 4 is 17.7 Å². The Labute approximate surface area is 202 Å². The number of carbonyl (C=O) groups excluding carboxylic acids is 1. The SMILES string of the molecule is CCN(CC)c1ccc(/C=C/C(=O)NCCN2CCC(N(C)[C@@H]3CCCC[C@@H]3C)CC2)cc1. The lowest BCUT2D eigenvalue weighted by molar-refractivity contribution is -0.116. The molecule has 5 heteroatoms. The van der Waals surface area contributed by atoms with Gasteiger partial charge in [-0.25, -0.2) is 0 Å². The topological polar surface area (TPSA) is 38.8 Å². The van der Waals surface area contributed by atoms with Gasteiger partial charge in [0.1, 0.15) is 0 Å². The van der Waals surface area contributed by atoms with Gasteiger partial charge in [-0.2, -0.15) is 0 Å². The van der Waals surface area contributed by atoms with Crippen LogP contribution < -0.4 is 10.2 Å². The molecule has 2 aliphatic rings. The summed E-state index contributed by atoms with van der Waals surface area (Å²) < 4.78 is 0. The molecule has 0 bridgehead atoms. The van der Waals surface area contributed by atoms with Crippen LogP contribution in [0.15, 0.2) is 30.3 Å². The molecule has 3 rings (SSSR count). The minimum absolute atomic E-state index is 0.0104. The van der Waals surface area contributed by atoms with Crippen molar-refractivity contribution in [2.45, 2.75) is 71.4 Å². The Balaban J connectivity index is 1.34. The molecule has 2 atom stereocenters. The Morgan fingerprint density at radius 3 is 2.36 bits per heavy atom. The fraction of sp³-hybridized carbons (Fsp3) is 0.679. The molecule has 0 spiro atoms. The van der Waals surface area contributed by atoms with E-state index in [0.717, 1.165) is 56.3 Å². The Morgan fingerprint density at radius 1 is 1.06 bits per heavy atom. The van der Waals surface area contributed by atoms with Crippen LogP contribution in [-0.4, -0.2) is 74.1 Å². The van der Waals surface area contributed by atoms with Crippen molar-refractivity contribution in [2.24, 2.45) is 5.92 Å². The maximum absolute atomic E-state index is 12.2. The van der Waals surface area contributed by atoms with Crippen LogP contribution in [0.25, 0.3) is 6.08 Å². The van der Waals surface area contributed by atoms with E-state index in [1.807, 2.05) is 6.08 Å². The molecule has 0 aromatic heterocycles. The quantitative estimate of drug-likeness (QED) is 0.523.